The first-order valence-electron chi connectivity index (χ1n) is 8.79. The summed E-state index contributed by atoms with van der Waals surface area (Å²) in [6, 6.07) is 8.29. The number of nitrogens with one attached hydrogen (secondary N) is 2. The van der Waals surface area contributed by atoms with Crippen molar-refractivity contribution < 1.29 is 9.41 Å². The van der Waals surface area contributed by atoms with Crippen LogP contribution in [0.25, 0.3) is 22.6 Å². The minimum Gasteiger partial charge on any atom is -0.452 e. The molecule has 0 atom stereocenters. The molecule has 1 aliphatic heterocycles. The Morgan fingerprint density at radius 1 is 1.08 bits per heavy atom. The first kappa shape index (κ1) is 16.5. The SMILES string of the molecule is CCCC[NH+]=c1cc2oc3cc(NCC)c(C)cc3nc-2cc1C. The first-order valence-corrected chi connectivity index (χ1v) is 8.79. The van der Waals surface area contributed by atoms with Crippen LogP contribution in [0.2, 0.25) is 0 Å². The van der Waals surface area contributed by atoms with E-state index in [9.17, 15) is 0 Å². The van der Waals surface area contributed by atoms with Crippen LogP contribution < -0.4 is 15.7 Å². The van der Waals surface area contributed by atoms with Crippen molar-refractivity contribution in [2.24, 2.45) is 0 Å². The molecule has 0 unspecified atom stereocenters. The van der Waals surface area contributed by atoms with Gasteiger partial charge in [-0.05, 0) is 38.5 Å². The summed E-state index contributed by atoms with van der Waals surface area (Å²) in [5.74, 6) is 0.818. The summed E-state index contributed by atoms with van der Waals surface area (Å²) in [6.45, 7) is 10.4. The molecular weight excluding hydrogens is 298 g/mol. The van der Waals surface area contributed by atoms with Gasteiger partial charge in [0.25, 0.3) is 0 Å². The van der Waals surface area contributed by atoms with Crippen LogP contribution in [0.3, 0.4) is 0 Å². The predicted octanol–water partition coefficient (Wildman–Crippen LogP) is 2.76. The van der Waals surface area contributed by atoms with Crippen LogP contribution in [-0.2, 0) is 0 Å². The number of unbranched alkanes of at least 4 members (excludes halogenated alkanes) is 1. The van der Waals surface area contributed by atoms with Crippen LogP contribution in [-0.4, -0.2) is 18.1 Å². The molecule has 4 heteroatoms. The molecule has 0 radical (unpaired) electrons. The summed E-state index contributed by atoms with van der Waals surface area (Å²) in [5, 5.41) is 4.50. The fourth-order valence-electron chi connectivity index (χ4n) is 2.90. The number of hydrogen-bond acceptors (Lipinski definition) is 3. The number of anilines is 1. The van der Waals surface area contributed by atoms with Crippen LogP contribution in [0.5, 0.6) is 0 Å². The lowest BCUT2D eigenvalue weighted by Gasteiger charge is -2.11. The highest BCUT2D eigenvalue weighted by molar-refractivity contribution is 5.81. The third-order valence-corrected chi connectivity index (χ3v) is 4.29. The predicted molar refractivity (Wildman–Crippen MR) is 98.1 cm³/mol. The highest BCUT2D eigenvalue weighted by Crippen LogP contribution is 2.28. The van der Waals surface area contributed by atoms with Crippen molar-refractivity contribution in [1.82, 2.24) is 4.98 Å². The lowest BCUT2D eigenvalue weighted by atomic mass is 10.1. The smallest absolute Gasteiger partial charge is 0.205 e. The molecule has 2 N–H and O–H groups in total. The van der Waals surface area contributed by atoms with Gasteiger partial charge in [0, 0.05) is 30.3 Å². The highest BCUT2D eigenvalue weighted by atomic mass is 16.3. The van der Waals surface area contributed by atoms with E-state index in [1.807, 2.05) is 6.07 Å². The monoisotopic (exact) mass is 324 g/mol. The molecule has 1 aromatic carbocycles. The second-order valence-electron chi connectivity index (χ2n) is 6.29. The van der Waals surface area contributed by atoms with Gasteiger partial charge in [-0.25, -0.2) is 9.98 Å². The molecule has 126 valence electrons. The van der Waals surface area contributed by atoms with Gasteiger partial charge in [-0.1, -0.05) is 13.3 Å². The van der Waals surface area contributed by atoms with Gasteiger partial charge in [0.15, 0.2) is 11.3 Å². The summed E-state index contributed by atoms with van der Waals surface area (Å²) < 4.78 is 6.15. The average Bonchev–Trinajstić information content (AvgIpc) is 2.55. The van der Waals surface area contributed by atoms with E-state index in [4.69, 9.17) is 9.40 Å². The Hall–Kier alpha value is -2.36. The Morgan fingerprint density at radius 2 is 1.92 bits per heavy atom. The van der Waals surface area contributed by atoms with Gasteiger partial charge < -0.3 is 9.73 Å². The van der Waals surface area contributed by atoms with Crippen molar-refractivity contribution in [1.29, 1.82) is 0 Å². The zero-order chi connectivity index (χ0) is 17.1. The van der Waals surface area contributed by atoms with E-state index in [1.165, 1.54) is 17.5 Å². The fraction of sp³-hybridized carbons (Fsp3) is 0.400. The Bertz CT molecular complexity index is 895. The van der Waals surface area contributed by atoms with Gasteiger partial charge in [0.2, 0.25) is 5.36 Å². The van der Waals surface area contributed by atoms with E-state index < -0.39 is 0 Å². The molecule has 0 bridgehead atoms. The van der Waals surface area contributed by atoms with Crippen molar-refractivity contribution in [2.45, 2.75) is 40.5 Å². The van der Waals surface area contributed by atoms with Crippen molar-refractivity contribution in [3.8, 4) is 11.5 Å². The summed E-state index contributed by atoms with van der Waals surface area (Å²) in [7, 11) is 0. The van der Waals surface area contributed by atoms with Crippen LogP contribution in [0.4, 0.5) is 5.69 Å². The zero-order valence-electron chi connectivity index (χ0n) is 15.0. The second kappa shape index (κ2) is 7.04. The van der Waals surface area contributed by atoms with Crippen LogP contribution in [0, 0.1) is 13.8 Å². The first-order chi connectivity index (χ1) is 11.6. The van der Waals surface area contributed by atoms with Gasteiger partial charge in [-0.15, -0.1) is 0 Å². The van der Waals surface area contributed by atoms with Crippen molar-refractivity contribution in [3.63, 3.8) is 0 Å². The van der Waals surface area contributed by atoms with E-state index in [0.29, 0.717) is 0 Å². The quantitative estimate of drug-likeness (QED) is 0.560. The van der Waals surface area contributed by atoms with Crippen LogP contribution in [0.15, 0.2) is 28.7 Å². The summed E-state index contributed by atoms with van der Waals surface area (Å²) >= 11 is 0. The zero-order valence-corrected chi connectivity index (χ0v) is 15.0. The number of benzene rings is 2. The molecule has 1 heterocycles. The summed E-state index contributed by atoms with van der Waals surface area (Å²) in [5.41, 5.74) is 6.09. The van der Waals surface area contributed by atoms with Crippen LogP contribution in [0.1, 0.15) is 37.8 Å². The summed E-state index contributed by atoms with van der Waals surface area (Å²) in [6.07, 6.45) is 2.35. The molecule has 1 aliphatic carbocycles. The summed E-state index contributed by atoms with van der Waals surface area (Å²) in [4.78, 5) is 8.28. The third kappa shape index (κ3) is 3.28. The third-order valence-electron chi connectivity index (χ3n) is 4.29. The maximum atomic E-state index is 6.15. The standard InChI is InChI=1S/C20H25N3O/c1-5-7-8-22-16-12-20-18(10-14(16)4)23-17-9-13(3)15(21-6-2)11-19(17)24-20/h9-12,21H,5-8H2,1-4H3/p+1. The Morgan fingerprint density at radius 3 is 2.67 bits per heavy atom. The molecule has 0 saturated heterocycles. The molecule has 24 heavy (non-hydrogen) atoms. The molecule has 0 aromatic heterocycles. The minimum absolute atomic E-state index is 0.812. The molecule has 0 fully saturated rings. The number of nitrogens with zero attached hydrogens (tertiary/aromatic N) is 1. The number of rotatable bonds is 5. The van der Waals surface area contributed by atoms with E-state index in [2.05, 4.69) is 56.2 Å². The molecule has 1 aromatic rings. The minimum atomic E-state index is 0.812. The van der Waals surface area contributed by atoms with E-state index >= 15 is 0 Å². The van der Waals surface area contributed by atoms with Crippen molar-refractivity contribution >= 4 is 16.8 Å². The van der Waals surface area contributed by atoms with Crippen molar-refractivity contribution in [3.05, 3.63) is 40.7 Å². The maximum absolute atomic E-state index is 6.15. The van der Waals surface area contributed by atoms with Gasteiger partial charge in [0.1, 0.15) is 17.8 Å². The molecule has 4 nitrogen and oxygen atoms in total. The Labute approximate surface area is 143 Å². The number of hydrogen-bond donors (Lipinski definition) is 2. The van der Waals surface area contributed by atoms with E-state index in [0.717, 1.165) is 53.1 Å². The lowest BCUT2D eigenvalue weighted by Crippen LogP contribution is -2.77. The van der Waals surface area contributed by atoms with Gasteiger partial charge in [-0.3, -0.25) is 0 Å². The number of aromatic nitrogens is 1. The van der Waals surface area contributed by atoms with Gasteiger partial charge in [-0.2, -0.15) is 0 Å². The molecular formula is C20H26N3O+. The largest absolute Gasteiger partial charge is 0.452 e. The van der Waals surface area contributed by atoms with Gasteiger partial charge in [0.05, 0.1) is 6.07 Å². The van der Waals surface area contributed by atoms with E-state index in [1.54, 1.807) is 0 Å². The number of fused-ring (bicyclic) bond motifs is 2. The molecule has 3 rings (SSSR count). The van der Waals surface area contributed by atoms with Gasteiger partial charge >= 0.3 is 0 Å². The maximum Gasteiger partial charge on any atom is 0.205 e. The highest BCUT2D eigenvalue weighted by Gasteiger charge is 2.13. The molecule has 0 spiro atoms. The Balaban J connectivity index is 2.15. The van der Waals surface area contributed by atoms with Crippen LogP contribution >= 0.6 is 0 Å². The molecule has 0 amide bonds. The molecule has 2 aliphatic rings. The fourth-order valence-corrected chi connectivity index (χ4v) is 2.90. The topological polar surface area (TPSA) is 52.0 Å². The van der Waals surface area contributed by atoms with E-state index in [-0.39, 0.29) is 0 Å². The van der Waals surface area contributed by atoms with Crippen molar-refractivity contribution in [2.75, 3.05) is 18.4 Å². The normalized spacial score (nSPS) is 12.2. The second-order valence-corrected chi connectivity index (χ2v) is 6.29. The lowest BCUT2D eigenvalue weighted by molar-refractivity contribution is -0.501. The number of aryl methyl sites for hydroxylation is 2. The Kier molecular flexibility index (Phi) is 4.84. The average molecular weight is 324 g/mol. The molecule has 0 saturated carbocycles.